The lowest BCUT2D eigenvalue weighted by Crippen LogP contribution is -2.49. The summed E-state index contributed by atoms with van der Waals surface area (Å²) in [6.07, 6.45) is 0. The summed E-state index contributed by atoms with van der Waals surface area (Å²) >= 11 is 5.96. The molecule has 158 valence electrons. The summed E-state index contributed by atoms with van der Waals surface area (Å²) in [4.78, 5) is 20.3. The van der Waals surface area contributed by atoms with Gasteiger partial charge < -0.3 is 14.6 Å². The molecule has 1 aliphatic rings. The third-order valence-electron chi connectivity index (χ3n) is 5.88. The van der Waals surface area contributed by atoms with Gasteiger partial charge in [-0.25, -0.2) is 0 Å². The zero-order valence-electron chi connectivity index (χ0n) is 17.2. The van der Waals surface area contributed by atoms with Crippen LogP contribution in [0.15, 0.2) is 66.7 Å². The quantitative estimate of drug-likeness (QED) is 0.496. The number of fused-ring (bicyclic) bond motifs is 3. The fourth-order valence-corrected chi connectivity index (χ4v) is 4.29. The maximum atomic E-state index is 12.6. The molecular weight excluding hydrogens is 410 g/mol. The maximum absolute atomic E-state index is 12.6. The summed E-state index contributed by atoms with van der Waals surface area (Å²) in [5.41, 5.74) is 3.35. The van der Waals surface area contributed by atoms with Gasteiger partial charge in [0, 0.05) is 60.1 Å². The number of halogens is 1. The van der Waals surface area contributed by atoms with Crippen LogP contribution in [0, 0.1) is 0 Å². The van der Waals surface area contributed by atoms with E-state index in [9.17, 15) is 4.79 Å². The Labute approximate surface area is 186 Å². The summed E-state index contributed by atoms with van der Waals surface area (Å²) in [7, 11) is 0. The van der Waals surface area contributed by atoms with Crippen molar-refractivity contribution in [2.45, 2.75) is 6.54 Å². The molecule has 0 saturated carbocycles. The van der Waals surface area contributed by atoms with Gasteiger partial charge in [0.15, 0.2) is 6.61 Å². The molecule has 0 atom stereocenters. The van der Waals surface area contributed by atoms with Crippen LogP contribution in [-0.4, -0.2) is 53.5 Å². The normalized spacial score (nSPS) is 14.9. The second kappa shape index (κ2) is 8.61. The van der Waals surface area contributed by atoms with Crippen LogP contribution in [0.1, 0.15) is 5.56 Å². The van der Waals surface area contributed by atoms with E-state index in [0.717, 1.165) is 54.2 Å². The molecule has 1 aromatic heterocycles. The molecule has 0 unspecified atom stereocenters. The smallest absolute Gasteiger partial charge is 0.260 e. The number of hydrogen-bond acceptors (Lipinski definition) is 3. The number of ether oxygens (including phenoxy) is 1. The first-order valence-electron chi connectivity index (χ1n) is 10.5. The Morgan fingerprint density at radius 2 is 1.65 bits per heavy atom. The molecule has 2 heterocycles. The van der Waals surface area contributed by atoms with Crippen molar-refractivity contribution < 1.29 is 9.53 Å². The number of hydrogen-bond donors (Lipinski definition) is 1. The molecule has 1 saturated heterocycles. The minimum atomic E-state index is 0.0305. The molecule has 0 radical (unpaired) electrons. The van der Waals surface area contributed by atoms with Crippen LogP contribution in [0.2, 0.25) is 5.02 Å². The SMILES string of the molecule is O=C(COc1ccc2c(c1)[nH]c1ccccc12)N1CCN(Cc2ccc(Cl)cc2)CC1. The average Bonchev–Trinajstić information content (AvgIpc) is 3.17. The van der Waals surface area contributed by atoms with E-state index in [2.05, 4.69) is 34.1 Å². The number of aromatic amines is 1. The van der Waals surface area contributed by atoms with Gasteiger partial charge >= 0.3 is 0 Å². The number of aromatic nitrogens is 1. The van der Waals surface area contributed by atoms with Crippen LogP contribution in [0.25, 0.3) is 21.8 Å². The number of carbonyl (C=O) groups is 1. The minimum Gasteiger partial charge on any atom is -0.484 e. The van der Waals surface area contributed by atoms with Crippen LogP contribution in [0.4, 0.5) is 0 Å². The Bertz CT molecular complexity index is 1210. The molecule has 1 aliphatic heterocycles. The summed E-state index contributed by atoms with van der Waals surface area (Å²) in [5.74, 6) is 0.733. The molecule has 3 aromatic carbocycles. The lowest BCUT2D eigenvalue weighted by Gasteiger charge is -2.34. The number of rotatable bonds is 5. The highest BCUT2D eigenvalue weighted by Crippen LogP contribution is 2.28. The predicted octanol–water partition coefficient (Wildman–Crippen LogP) is 4.70. The number of H-pyrrole nitrogens is 1. The van der Waals surface area contributed by atoms with Crippen molar-refractivity contribution in [1.82, 2.24) is 14.8 Å². The summed E-state index contributed by atoms with van der Waals surface area (Å²) in [6.45, 7) is 4.08. The molecule has 1 fully saturated rings. The Morgan fingerprint density at radius 1 is 0.903 bits per heavy atom. The van der Waals surface area contributed by atoms with E-state index in [0.29, 0.717) is 5.75 Å². The largest absolute Gasteiger partial charge is 0.484 e. The zero-order chi connectivity index (χ0) is 21.2. The van der Waals surface area contributed by atoms with Gasteiger partial charge in [-0.2, -0.15) is 0 Å². The predicted molar refractivity (Wildman–Crippen MR) is 125 cm³/mol. The molecule has 0 spiro atoms. The number of para-hydroxylation sites is 1. The zero-order valence-corrected chi connectivity index (χ0v) is 17.9. The molecule has 1 amide bonds. The highest BCUT2D eigenvalue weighted by molar-refractivity contribution is 6.30. The van der Waals surface area contributed by atoms with Crippen LogP contribution < -0.4 is 4.74 Å². The fourth-order valence-electron chi connectivity index (χ4n) is 4.16. The monoisotopic (exact) mass is 433 g/mol. The van der Waals surface area contributed by atoms with Crippen molar-refractivity contribution in [2.24, 2.45) is 0 Å². The lowest BCUT2D eigenvalue weighted by atomic mass is 10.1. The Balaban J connectivity index is 1.15. The number of benzene rings is 3. The maximum Gasteiger partial charge on any atom is 0.260 e. The highest BCUT2D eigenvalue weighted by Gasteiger charge is 2.21. The molecule has 5 rings (SSSR count). The first-order chi connectivity index (χ1) is 15.2. The number of piperazine rings is 1. The number of amides is 1. The van der Waals surface area contributed by atoms with E-state index in [4.69, 9.17) is 16.3 Å². The molecule has 31 heavy (non-hydrogen) atoms. The third kappa shape index (κ3) is 4.38. The van der Waals surface area contributed by atoms with Gasteiger partial charge in [-0.05, 0) is 35.9 Å². The Hall–Kier alpha value is -3.02. The van der Waals surface area contributed by atoms with E-state index >= 15 is 0 Å². The first kappa shape index (κ1) is 19.9. The molecule has 1 N–H and O–H groups in total. The van der Waals surface area contributed by atoms with Crippen molar-refractivity contribution in [2.75, 3.05) is 32.8 Å². The van der Waals surface area contributed by atoms with Crippen LogP contribution in [0.3, 0.4) is 0 Å². The van der Waals surface area contributed by atoms with Crippen LogP contribution in [0.5, 0.6) is 5.75 Å². The van der Waals surface area contributed by atoms with E-state index in [-0.39, 0.29) is 12.5 Å². The van der Waals surface area contributed by atoms with Gasteiger partial charge in [-0.3, -0.25) is 9.69 Å². The van der Waals surface area contributed by atoms with Crippen molar-refractivity contribution in [3.05, 3.63) is 77.3 Å². The second-order valence-corrected chi connectivity index (χ2v) is 8.39. The van der Waals surface area contributed by atoms with Gasteiger partial charge in [-0.15, -0.1) is 0 Å². The average molecular weight is 434 g/mol. The molecular formula is C25H24ClN3O2. The van der Waals surface area contributed by atoms with Gasteiger partial charge in [0.1, 0.15) is 5.75 Å². The fraction of sp³-hybridized carbons (Fsp3) is 0.240. The summed E-state index contributed by atoms with van der Waals surface area (Å²) in [5, 5.41) is 3.10. The Kier molecular flexibility index (Phi) is 5.53. The highest BCUT2D eigenvalue weighted by atomic mass is 35.5. The van der Waals surface area contributed by atoms with Gasteiger partial charge in [-0.1, -0.05) is 41.9 Å². The molecule has 0 bridgehead atoms. The summed E-state index contributed by atoms with van der Waals surface area (Å²) in [6, 6.07) is 22.1. The van der Waals surface area contributed by atoms with E-state index in [1.54, 1.807) is 0 Å². The van der Waals surface area contributed by atoms with E-state index < -0.39 is 0 Å². The van der Waals surface area contributed by atoms with Crippen molar-refractivity contribution in [3.8, 4) is 5.75 Å². The number of nitrogens with zero attached hydrogens (tertiary/aromatic N) is 2. The lowest BCUT2D eigenvalue weighted by molar-refractivity contribution is -0.135. The number of carbonyl (C=O) groups excluding carboxylic acids is 1. The van der Waals surface area contributed by atoms with Crippen molar-refractivity contribution in [1.29, 1.82) is 0 Å². The molecule has 6 heteroatoms. The van der Waals surface area contributed by atoms with Gasteiger partial charge in [0.2, 0.25) is 0 Å². The summed E-state index contributed by atoms with van der Waals surface area (Å²) < 4.78 is 5.82. The number of nitrogens with one attached hydrogen (secondary N) is 1. The molecule has 0 aliphatic carbocycles. The van der Waals surface area contributed by atoms with Gasteiger partial charge in [0.05, 0.1) is 5.52 Å². The van der Waals surface area contributed by atoms with Crippen LogP contribution >= 0.6 is 11.6 Å². The van der Waals surface area contributed by atoms with Crippen LogP contribution in [-0.2, 0) is 11.3 Å². The van der Waals surface area contributed by atoms with Crippen molar-refractivity contribution in [3.63, 3.8) is 0 Å². The van der Waals surface area contributed by atoms with E-state index in [1.807, 2.05) is 47.4 Å². The Morgan fingerprint density at radius 3 is 2.45 bits per heavy atom. The second-order valence-electron chi connectivity index (χ2n) is 7.95. The van der Waals surface area contributed by atoms with Crippen molar-refractivity contribution >= 4 is 39.3 Å². The van der Waals surface area contributed by atoms with E-state index in [1.165, 1.54) is 10.9 Å². The minimum absolute atomic E-state index is 0.0305. The molecule has 5 nitrogen and oxygen atoms in total. The topological polar surface area (TPSA) is 48.6 Å². The first-order valence-corrected chi connectivity index (χ1v) is 10.9. The van der Waals surface area contributed by atoms with Gasteiger partial charge in [0.25, 0.3) is 5.91 Å². The standard InChI is InChI=1S/C25H24ClN3O2/c26-19-7-5-18(6-8-19)16-28-11-13-29(14-12-28)25(30)17-31-20-9-10-22-21-3-1-2-4-23(21)27-24(22)15-20/h1-10,15,27H,11-14,16-17H2. The molecule has 4 aromatic rings. The third-order valence-corrected chi connectivity index (χ3v) is 6.14.